The van der Waals surface area contributed by atoms with Gasteiger partial charge in [0.15, 0.2) is 0 Å². The highest BCUT2D eigenvalue weighted by Crippen LogP contribution is 2.23. The molecule has 2 rings (SSSR count). The van der Waals surface area contributed by atoms with Crippen LogP contribution in [0.3, 0.4) is 0 Å². The van der Waals surface area contributed by atoms with Crippen molar-refractivity contribution in [3.05, 3.63) is 17.0 Å². The zero-order valence-corrected chi connectivity index (χ0v) is 11.7. The van der Waals surface area contributed by atoms with Crippen LogP contribution in [0.4, 0.5) is 4.79 Å². The Morgan fingerprint density at radius 2 is 2.16 bits per heavy atom. The van der Waals surface area contributed by atoms with Crippen LogP contribution in [0.15, 0.2) is 0 Å². The Bertz CT molecular complexity index is 442. The molecule has 0 saturated carbocycles. The smallest absolute Gasteiger partial charge is 0.315 e. The molecule has 6 nitrogen and oxygen atoms in total. The number of nitrogens with zero attached hydrogens (tertiary/aromatic N) is 2. The second-order valence-electron chi connectivity index (χ2n) is 4.80. The highest BCUT2D eigenvalue weighted by Gasteiger charge is 2.19. The Labute approximate surface area is 113 Å². The van der Waals surface area contributed by atoms with Crippen LogP contribution in [0.1, 0.15) is 29.8 Å². The number of ether oxygens (including phenoxy) is 1. The van der Waals surface area contributed by atoms with E-state index in [0.29, 0.717) is 19.7 Å². The summed E-state index contributed by atoms with van der Waals surface area (Å²) < 4.78 is 6.83. The molecule has 0 atom stereocenters. The third-order valence-corrected chi connectivity index (χ3v) is 3.46. The number of aryl methyl sites for hydroxylation is 1. The summed E-state index contributed by atoms with van der Waals surface area (Å²) in [5.74, 6) is 0. The maximum absolute atomic E-state index is 11.6. The predicted octanol–water partition coefficient (Wildman–Crippen LogP) is 0.744. The monoisotopic (exact) mass is 266 g/mol. The zero-order chi connectivity index (χ0) is 13.7. The Hall–Kier alpha value is -1.56. The minimum atomic E-state index is -0.174. The van der Waals surface area contributed by atoms with Gasteiger partial charge in [-0.25, -0.2) is 4.79 Å². The lowest BCUT2D eigenvalue weighted by Crippen LogP contribution is -2.37. The molecular formula is C13H22N4O2. The summed E-state index contributed by atoms with van der Waals surface area (Å²) in [6, 6.07) is -0.174. The van der Waals surface area contributed by atoms with Gasteiger partial charge < -0.3 is 15.4 Å². The number of hydrogen-bond acceptors (Lipinski definition) is 3. The molecular weight excluding hydrogens is 244 g/mol. The molecule has 1 aliphatic carbocycles. The first-order valence-corrected chi connectivity index (χ1v) is 6.76. The number of nitrogens with one attached hydrogen (secondary N) is 2. The number of rotatable bonds is 5. The van der Waals surface area contributed by atoms with Crippen LogP contribution in [0.2, 0.25) is 0 Å². The molecule has 2 N–H and O–H groups in total. The van der Waals surface area contributed by atoms with Crippen molar-refractivity contribution in [3.63, 3.8) is 0 Å². The Kier molecular flexibility index (Phi) is 4.79. The second kappa shape index (κ2) is 6.56. The Morgan fingerprint density at radius 3 is 2.95 bits per heavy atom. The van der Waals surface area contributed by atoms with E-state index < -0.39 is 0 Å². The van der Waals surface area contributed by atoms with Crippen LogP contribution in [0.5, 0.6) is 0 Å². The zero-order valence-electron chi connectivity index (χ0n) is 11.7. The first-order valence-electron chi connectivity index (χ1n) is 6.76. The lowest BCUT2D eigenvalue weighted by Gasteiger charge is -2.12. The molecule has 0 saturated heterocycles. The molecule has 1 aliphatic rings. The lowest BCUT2D eigenvalue weighted by molar-refractivity contribution is 0.195. The number of urea groups is 1. The minimum absolute atomic E-state index is 0.174. The van der Waals surface area contributed by atoms with Crippen molar-refractivity contribution in [2.24, 2.45) is 7.05 Å². The highest BCUT2D eigenvalue weighted by molar-refractivity contribution is 5.73. The molecule has 0 unspecified atom stereocenters. The predicted molar refractivity (Wildman–Crippen MR) is 72.0 cm³/mol. The van der Waals surface area contributed by atoms with Gasteiger partial charge in [-0.15, -0.1) is 0 Å². The van der Waals surface area contributed by atoms with Gasteiger partial charge in [0.05, 0.1) is 18.8 Å². The SMILES string of the molecule is COCCNC(=O)NCc1nn(C)c2c1CCCC2. The van der Waals surface area contributed by atoms with Gasteiger partial charge in [0.2, 0.25) is 0 Å². The van der Waals surface area contributed by atoms with Crippen molar-refractivity contribution >= 4 is 6.03 Å². The lowest BCUT2D eigenvalue weighted by atomic mass is 9.96. The van der Waals surface area contributed by atoms with Crippen LogP contribution in [0.25, 0.3) is 0 Å². The fourth-order valence-corrected chi connectivity index (χ4v) is 2.49. The standard InChI is InChI=1S/C13H22N4O2/c1-17-12-6-4-3-5-10(12)11(16-17)9-15-13(18)14-7-8-19-2/h3-9H2,1-2H3,(H2,14,15,18). The quantitative estimate of drug-likeness (QED) is 0.773. The number of aromatic nitrogens is 2. The second-order valence-corrected chi connectivity index (χ2v) is 4.80. The summed E-state index contributed by atoms with van der Waals surface area (Å²) in [6.07, 6.45) is 4.62. The van der Waals surface area contributed by atoms with Gasteiger partial charge in [0, 0.05) is 26.4 Å². The summed E-state index contributed by atoms with van der Waals surface area (Å²) in [5.41, 5.74) is 3.65. The normalized spacial score (nSPS) is 14.0. The maximum atomic E-state index is 11.6. The maximum Gasteiger partial charge on any atom is 0.315 e. The third-order valence-electron chi connectivity index (χ3n) is 3.46. The number of carbonyl (C=O) groups excluding carboxylic acids is 1. The fourth-order valence-electron chi connectivity index (χ4n) is 2.49. The molecule has 0 radical (unpaired) electrons. The molecule has 0 aliphatic heterocycles. The van der Waals surface area contributed by atoms with Crippen molar-refractivity contribution in [2.45, 2.75) is 32.2 Å². The van der Waals surface area contributed by atoms with Crippen LogP contribution < -0.4 is 10.6 Å². The van der Waals surface area contributed by atoms with Gasteiger partial charge in [0.25, 0.3) is 0 Å². The number of amides is 2. The van der Waals surface area contributed by atoms with E-state index in [1.165, 1.54) is 24.1 Å². The minimum Gasteiger partial charge on any atom is -0.383 e. The van der Waals surface area contributed by atoms with Gasteiger partial charge in [-0.2, -0.15) is 5.10 Å². The van der Waals surface area contributed by atoms with Crippen molar-refractivity contribution in [1.29, 1.82) is 0 Å². The first kappa shape index (κ1) is 13.9. The average Bonchev–Trinajstić information content (AvgIpc) is 2.74. The van der Waals surface area contributed by atoms with Crippen molar-refractivity contribution < 1.29 is 9.53 Å². The van der Waals surface area contributed by atoms with E-state index in [9.17, 15) is 4.79 Å². The van der Waals surface area contributed by atoms with E-state index in [1.807, 2.05) is 11.7 Å². The molecule has 1 aromatic heterocycles. The van der Waals surface area contributed by atoms with Crippen molar-refractivity contribution in [2.75, 3.05) is 20.3 Å². The molecule has 106 valence electrons. The van der Waals surface area contributed by atoms with Gasteiger partial charge >= 0.3 is 6.03 Å². The van der Waals surface area contributed by atoms with Gasteiger partial charge in [0.1, 0.15) is 0 Å². The van der Waals surface area contributed by atoms with Gasteiger partial charge in [-0.05, 0) is 31.2 Å². The largest absolute Gasteiger partial charge is 0.383 e. The third kappa shape index (κ3) is 3.47. The summed E-state index contributed by atoms with van der Waals surface area (Å²) in [7, 11) is 3.59. The van der Waals surface area contributed by atoms with Gasteiger partial charge in [-0.3, -0.25) is 4.68 Å². The molecule has 0 aromatic carbocycles. The molecule has 1 aromatic rings. The summed E-state index contributed by atoms with van der Waals surface area (Å²) in [5, 5.41) is 10.1. The summed E-state index contributed by atoms with van der Waals surface area (Å²) in [4.78, 5) is 11.6. The molecule has 0 fully saturated rings. The summed E-state index contributed by atoms with van der Waals surface area (Å²) in [6.45, 7) is 1.52. The van der Waals surface area contributed by atoms with E-state index >= 15 is 0 Å². The average molecular weight is 266 g/mol. The number of carbonyl (C=O) groups is 1. The van der Waals surface area contributed by atoms with E-state index in [-0.39, 0.29) is 6.03 Å². The van der Waals surface area contributed by atoms with Crippen LogP contribution in [0, 0.1) is 0 Å². The molecule has 0 bridgehead atoms. The fraction of sp³-hybridized carbons (Fsp3) is 0.692. The summed E-state index contributed by atoms with van der Waals surface area (Å²) >= 11 is 0. The van der Waals surface area contributed by atoms with E-state index in [2.05, 4.69) is 15.7 Å². The highest BCUT2D eigenvalue weighted by atomic mass is 16.5. The van der Waals surface area contributed by atoms with E-state index in [4.69, 9.17) is 4.74 Å². The first-order chi connectivity index (χ1) is 9.22. The molecule has 1 heterocycles. The number of fused-ring (bicyclic) bond motifs is 1. The van der Waals surface area contributed by atoms with E-state index in [1.54, 1.807) is 7.11 Å². The molecule has 2 amide bonds. The number of methoxy groups -OCH3 is 1. The van der Waals surface area contributed by atoms with Crippen molar-refractivity contribution in [1.82, 2.24) is 20.4 Å². The molecule has 6 heteroatoms. The van der Waals surface area contributed by atoms with Crippen LogP contribution >= 0.6 is 0 Å². The molecule has 19 heavy (non-hydrogen) atoms. The Balaban J connectivity index is 1.88. The number of hydrogen-bond donors (Lipinski definition) is 2. The van der Waals surface area contributed by atoms with Crippen LogP contribution in [-0.4, -0.2) is 36.1 Å². The van der Waals surface area contributed by atoms with Gasteiger partial charge in [-0.1, -0.05) is 0 Å². The molecule has 0 spiro atoms. The van der Waals surface area contributed by atoms with E-state index in [0.717, 1.165) is 18.5 Å². The topological polar surface area (TPSA) is 68.2 Å². The van der Waals surface area contributed by atoms with Crippen LogP contribution in [-0.2, 0) is 31.2 Å². The van der Waals surface area contributed by atoms with Crippen molar-refractivity contribution in [3.8, 4) is 0 Å². The Morgan fingerprint density at radius 1 is 1.37 bits per heavy atom.